The highest BCUT2D eigenvalue weighted by Gasteiger charge is 2.04. The number of hydrogen-bond donors (Lipinski definition) is 1. The zero-order valence-corrected chi connectivity index (χ0v) is 11.1. The average Bonchev–Trinajstić information content (AvgIpc) is 2.34. The SMILES string of the molecule is CCCCCSc1ccc([C@H](N)CC)nc1. The van der Waals surface area contributed by atoms with E-state index in [1.165, 1.54) is 29.9 Å². The van der Waals surface area contributed by atoms with Crippen LogP contribution in [0.4, 0.5) is 0 Å². The fourth-order valence-corrected chi connectivity index (χ4v) is 2.32. The van der Waals surface area contributed by atoms with Gasteiger partial charge in [-0.2, -0.15) is 0 Å². The number of pyridine rings is 1. The van der Waals surface area contributed by atoms with Crippen LogP contribution in [0.1, 0.15) is 51.3 Å². The molecule has 0 unspecified atom stereocenters. The molecule has 0 bridgehead atoms. The zero-order valence-electron chi connectivity index (χ0n) is 10.3. The van der Waals surface area contributed by atoms with E-state index in [1.54, 1.807) is 0 Å². The van der Waals surface area contributed by atoms with Crippen LogP contribution in [-0.2, 0) is 0 Å². The highest BCUT2D eigenvalue weighted by molar-refractivity contribution is 7.99. The fourth-order valence-electron chi connectivity index (χ4n) is 1.45. The first-order valence-electron chi connectivity index (χ1n) is 6.12. The van der Waals surface area contributed by atoms with Crippen LogP contribution in [0.2, 0.25) is 0 Å². The molecule has 2 nitrogen and oxygen atoms in total. The number of thioether (sulfide) groups is 1. The quantitative estimate of drug-likeness (QED) is 0.580. The monoisotopic (exact) mass is 238 g/mol. The Morgan fingerprint density at radius 1 is 1.31 bits per heavy atom. The van der Waals surface area contributed by atoms with Crippen LogP contribution in [-0.4, -0.2) is 10.7 Å². The number of nitrogens with two attached hydrogens (primary N) is 1. The van der Waals surface area contributed by atoms with Crippen molar-refractivity contribution in [2.75, 3.05) is 5.75 Å². The zero-order chi connectivity index (χ0) is 11.8. The van der Waals surface area contributed by atoms with Crippen molar-refractivity contribution in [2.45, 2.75) is 50.5 Å². The molecule has 2 N–H and O–H groups in total. The molecule has 1 atom stereocenters. The number of aromatic nitrogens is 1. The molecule has 0 aliphatic heterocycles. The van der Waals surface area contributed by atoms with Crippen molar-refractivity contribution >= 4 is 11.8 Å². The molecule has 0 spiro atoms. The van der Waals surface area contributed by atoms with Gasteiger partial charge in [0.2, 0.25) is 0 Å². The maximum absolute atomic E-state index is 5.91. The predicted octanol–water partition coefficient (Wildman–Crippen LogP) is 3.77. The first kappa shape index (κ1) is 13.5. The van der Waals surface area contributed by atoms with Gasteiger partial charge >= 0.3 is 0 Å². The van der Waals surface area contributed by atoms with E-state index >= 15 is 0 Å². The van der Waals surface area contributed by atoms with Crippen LogP contribution in [0.3, 0.4) is 0 Å². The third-order valence-corrected chi connectivity index (χ3v) is 3.66. The smallest absolute Gasteiger partial charge is 0.0571 e. The van der Waals surface area contributed by atoms with Gasteiger partial charge < -0.3 is 5.73 Å². The molecule has 1 heterocycles. The minimum Gasteiger partial charge on any atom is -0.323 e. The van der Waals surface area contributed by atoms with Crippen LogP contribution < -0.4 is 5.73 Å². The lowest BCUT2D eigenvalue weighted by atomic mass is 10.1. The highest BCUT2D eigenvalue weighted by Crippen LogP contribution is 2.20. The first-order chi connectivity index (χ1) is 7.77. The normalized spacial score (nSPS) is 12.7. The number of unbranched alkanes of at least 4 members (excludes halogenated alkanes) is 2. The molecule has 0 saturated carbocycles. The van der Waals surface area contributed by atoms with Gasteiger partial charge in [0.05, 0.1) is 5.69 Å². The summed E-state index contributed by atoms with van der Waals surface area (Å²) in [6.45, 7) is 4.31. The minimum atomic E-state index is 0.0825. The van der Waals surface area contributed by atoms with Gasteiger partial charge in [-0.3, -0.25) is 4.98 Å². The van der Waals surface area contributed by atoms with Crippen molar-refractivity contribution < 1.29 is 0 Å². The molecule has 0 aromatic carbocycles. The van der Waals surface area contributed by atoms with Gasteiger partial charge in [-0.1, -0.05) is 26.7 Å². The molecule has 0 fully saturated rings. The number of hydrogen-bond acceptors (Lipinski definition) is 3. The molecular formula is C13H22N2S. The van der Waals surface area contributed by atoms with E-state index in [-0.39, 0.29) is 6.04 Å². The molecule has 16 heavy (non-hydrogen) atoms. The minimum absolute atomic E-state index is 0.0825. The molecule has 1 rings (SSSR count). The highest BCUT2D eigenvalue weighted by atomic mass is 32.2. The summed E-state index contributed by atoms with van der Waals surface area (Å²) in [5.74, 6) is 1.19. The summed E-state index contributed by atoms with van der Waals surface area (Å²) in [5, 5.41) is 0. The van der Waals surface area contributed by atoms with Crippen LogP contribution >= 0.6 is 11.8 Å². The van der Waals surface area contributed by atoms with Crippen LogP contribution in [0, 0.1) is 0 Å². The van der Waals surface area contributed by atoms with Gasteiger partial charge in [0.15, 0.2) is 0 Å². The van der Waals surface area contributed by atoms with E-state index in [1.807, 2.05) is 18.0 Å². The summed E-state index contributed by atoms with van der Waals surface area (Å²) in [6, 6.07) is 4.27. The third-order valence-electron chi connectivity index (χ3n) is 2.60. The number of nitrogens with zero attached hydrogens (tertiary/aromatic N) is 1. The average molecular weight is 238 g/mol. The predicted molar refractivity (Wildman–Crippen MR) is 71.7 cm³/mol. The van der Waals surface area contributed by atoms with Crippen LogP contribution in [0.15, 0.2) is 23.2 Å². The molecule has 1 aromatic heterocycles. The van der Waals surface area contributed by atoms with Crippen molar-refractivity contribution in [3.8, 4) is 0 Å². The van der Waals surface area contributed by atoms with Gasteiger partial charge in [-0.05, 0) is 30.7 Å². The number of rotatable bonds is 7. The maximum Gasteiger partial charge on any atom is 0.0571 e. The van der Waals surface area contributed by atoms with E-state index in [0.717, 1.165) is 12.1 Å². The fraction of sp³-hybridized carbons (Fsp3) is 0.615. The van der Waals surface area contributed by atoms with E-state index < -0.39 is 0 Å². The van der Waals surface area contributed by atoms with Crippen molar-refractivity contribution in [2.24, 2.45) is 5.73 Å². The first-order valence-corrected chi connectivity index (χ1v) is 7.10. The second-order valence-electron chi connectivity index (χ2n) is 3.99. The Hall–Kier alpha value is -0.540. The molecule has 0 aliphatic rings. The van der Waals surface area contributed by atoms with Crippen molar-refractivity contribution in [3.63, 3.8) is 0 Å². The second-order valence-corrected chi connectivity index (χ2v) is 5.16. The summed E-state index contributed by atoms with van der Waals surface area (Å²) >= 11 is 1.89. The molecule has 0 saturated heterocycles. The summed E-state index contributed by atoms with van der Waals surface area (Å²) < 4.78 is 0. The molecule has 0 amide bonds. The Bertz CT molecular complexity index is 284. The Morgan fingerprint density at radius 3 is 2.69 bits per heavy atom. The van der Waals surface area contributed by atoms with Crippen molar-refractivity contribution in [1.82, 2.24) is 4.98 Å². The molecule has 0 radical (unpaired) electrons. The lowest BCUT2D eigenvalue weighted by Gasteiger charge is -2.08. The lowest BCUT2D eigenvalue weighted by molar-refractivity contribution is 0.674. The van der Waals surface area contributed by atoms with E-state index in [0.29, 0.717) is 0 Å². The topological polar surface area (TPSA) is 38.9 Å². The van der Waals surface area contributed by atoms with E-state index in [2.05, 4.69) is 31.0 Å². The van der Waals surface area contributed by atoms with Crippen molar-refractivity contribution in [1.29, 1.82) is 0 Å². The molecule has 3 heteroatoms. The van der Waals surface area contributed by atoms with Gasteiger partial charge in [0.25, 0.3) is 0 Å². The van der Waals surface area contributed by atoms with E-state index in [9.17, 15) is 0 Å². The van der Waals surface area contributed by atoms with Crippen LogP contribution in [0.25, 0.3) is 0 Å². The largest absolute Gasteiger partial charge is 0.323 e. The van der Waals surface area contributed by atoms with Gasteiger partial charge in [-0.15, -0.1) is 11.8 Å². The second kappa shape index (κ2) is 7.69. The Balaban J connectivity index is 2.39. The third kappa shape index (κ3) is 4.54. The lowest BCUT2D eigenvalue weighted by Crippen LogP contribution is -2.10. The molecular weight excluding hydrogens is 216 g/mol. The molecule has 1 aromatic rings. The molecule has 90 valence electrons. The standard InChI is InChI=1S/C13H22N2S/c1-3-5-6-9-16-11-7-8-13(15-10-11)12(14)4-2/h7-8,10,12H,3-6,9,14H2,1-2H3/t12-/m1/s1. The summed E-state index contributed by atoms with van der Waals surface area (Å²) in [7, 11) is 0. The van der Waals surface area contributed by atoms with Gasteiger partial charge in [-0.25, -0.2) is 0 Å². The van der Waals surface area contributed by atoms with Gasteiger partial charge in [0, 0.05) is 17.1 Å². The van der Waals surface area contributed by atoms with Crippen molar-refractivity contribution in [3.05, 3.63) is 24.0 Å². The Labute approximate surface area is 103 Å². The van der Waals surface area contributed by atoms with E-state index in [4.69, 9.17) is 5.73 Å². The Kier molecular flexibility index (Phi) is 6.50. The van der Waals surface area contributed by atoms with Crippen LogP contribution in [0.5, 0.6) is 0 Å². The van der Waals surface area contributed by atoms with Gasteiger partial charge in [0.1, 0.15) is 0 Å². The Morgan fingerprint density at radius 2 is 2.12 bits per heavy atom. The summed E-state index contributed by atoms with van der Waals surface area (Å²) in [6.07, 6.45) is 6.77. The summed E-state index contributed by atoms with van der Waals surface area (Å²) in [5.41, 5.74) is 6.92. The summed E-state index contributed by atoms with van der Waals surface area (Å²) in [4.78, 5) is 5.66. The maximum atomic E-state index is 5.91. The molecule has 0 aliphatic carbocycles.